The molecule has 1 aliphatic heterocycles. The highest BCUT2D eigenvalue weighted by Gasteiger charge is 2.35. The monoisotopic (exact) mass is 463 g/mol. The maximum absolute atomic E-state index is 13.3. The number of hydrogen-bond donors (Lipinski definition) is 0. The van der Waals surface area contributed by atoms with E-state index in [1.54, 1.807) is 19.2 Å². The summed E-state index contributed by atoms with van der Waals surface area (Å²) in [5.74, 6) is 1.59. The van der Waals surface area contributed by atoms with Gasteiger partial charge < -0.3 is 13.9 Å². The highest BCUT2D eigenvalue weighted by atomic mass is 35.5. The molecule has 10 heteroatoms. The molecular formula is C21H22ClN3O5S. The van der Waals surface area contributed by atoms with E-state index in [4.69, 9.17) is 25.5 Å². The maximum atomic E-state index is 13.3. The quantitative estimate of drug-likeness (QED) is 0.545. The fourth-order valence-electron chi connectivity index (χ4n) is 3.60. The Balaban J connectivity index is 1.56. The summed E-state index contributed by atoms with van der Waals surface area (Å²) in [5.41, 5.74) is 0.767. The van der Waals surface area contributed by atoms with E-state index in [0.29, 0.717) is 29.8 Å². The molecule has 1 fully saturated rings. The van der Waals surface area contributed by atoms with Crippen LogP contribution in [0.4, 0.5) is 0 Å². The lowest BCUT2D eigenvalue weighted by Crippen LogP contribution is -2.39. The predicted molar refractivity (Wildman–Crippen MR) is 115 cm³/mol. The average molecular weight is 464 g/mol. The summed E-state index contributed by atoms with van der Waals surface area (Å²) in [5, 5.41) is 8.65. The van der Waals surface area contributed by atoms with Crippen molar-refractivity contribution in [3.63, 3.8) is 0 Å². The van der Waals surface area contributed by atoms with Gasteiger partial charge in [-0.25, -0.2) is 8.42 Å². The van der Waals surface area contributed by atoms with Crippen molar-refractivity contribution < 1.29 is 22.3 Å². The minimum Gasteiger partial charge on any atom is -0.497 e. The van der Waals surface area contributed by atoms with Gasteiger partial charge in [0.1, 0.15) is 16.4 Å². The van der Waals surface area contributed by atoms with E-state index in [2.05, 4.69) is 10.2 Å². The Hall–Kier alpha value is -2.62. The van der Waals surface area contributed by atoms with Crippen molar-refractivity contribution in [2.24, 2.45) is 0 Å². The third-order valence-corrected chi connectivity index (χ3v) is 7.38. The van der Waals surface area contributed by atoms with Crippen molar-refractivity contribution in [3.8, 4) is 23.0 Å². The number of halogens is 1. The number of piperidine rings is 1. The topological polar surface area (TPSA) is 94.8 Å². The standard InChI is InChI=1S/C21H22ClN3O5S/c1-28-17-8-5-14(6-9-17)20-23-24-21(30-20)15-4-3-11-25(13-15)31(26,27)19-12-16(22)7-10-18(19)29-2/h5-10,12,15H,3-4,11,13H2,1-2H3/t15-/m1/s1. The molecule has 1 saturated heterocycles. The third-order valence-electron chi connectivity index (χ3n) is 5.25. The molecular weight excluding hydrogens is 442 g/mol. The van der Waals surface area contributed by atoms with Crippen molar-refractivity contribution >= 4 is 21.6 Å². The van der Waals surface area contributed by atoms with Crippen molar-refractivity contribution in [2.75, 3.05) is 27.3 Å². The lowest BCUT2D eigenvalue weighted by Gasteiger charge is -2.30. The van der Waals surface area contributed by atoms with Crippen LogP contribution in [0.15, 0.2) is 51.8 Å². The van der Waals surface area contributed by atoms with Gasteiger partial charge in [0.05, 0.1) is 20.1 Å². The number of methoxy groups -OCH3 is 2. The summed E-state index contributed by atoms with van der Waals surface area (Å²) >= 11 is 6.04. The van der Waals surface area contributed by atoms with E-state index in [-0.39, 0.29) is 23.1 Å². The molecule has 0 N–H and O–H groups in total. The number of benzene rings is 2. The molecule has 1 atom stereocenters. The summed E-state index contributed by atoms with van der Waals surface area (Å²) < 4.78 is 44.3. The van der Waals surface area contributed by atoms with Crippen LogP contribution in [0.1, 0.15) is 24.7 Å². The normalized spacial score (nSPS) is 17.5. The average Bonchev–Trinajstić information content (AvgIpc) is 3.29. The molecule has 0 radical (unpaired) electrons. The predicted octanol–water partition coefficient (Wildman–Crippen LogP) is 3.98. The van der Waals surface area contributed by atoms with Crippen LogP contribution in [0.5, 0.6) is 11.5 Å². The lowest BCUT2D eigenvalue weighted by atomic mass is 10.00. The first-order valence-corrected chi connectivity index (χ1v) is 11.6. The number of sulfonamides is 1. The van der Waals surface area contributed by atoms with Crippen LogP contribution in [-0.4, -0.2) is 50.2 Å². The molecule has 0 amide bonds. The van der Waals surface area contributed by atoms with Crippen LogP contribution in [0.2, 0.25) is 5.02 Å². The van der Waals surface area contributed by atoms with Crippen LogP contribution in [0.25, 0.3) is 11.5 Å². The molecule has 2 heterocycles. The van der Waals surface area contributed by atoms with Crippen molar-refractivity contribution in [2.45, 2.75) is 23.7 Å². The van der Waals surface area contributed by atoms with Gasteiger partial charge in [0.2, 0.25) is 21.8 Å². The molecule has 0 spiro atoms. The van der Waals surface area contributed by atoms with E-state index in [1.807, 2.05) is 24.3 Å². The molecule has 4 rings (SSSR count). The fraction of sp³-hybridized carbons (Fsp3) is 0.333. The van der Waals surface area contributed by atoms with Gasteiger partial charge in [0.25, 0.3) is 0 Å². The molecule has 0 saturated carbocycles. The van der Waals surface area contributed by atoms with Gasteiger partial charge in [0, 0.05) is 23.7 Å². The second-order valence-corrected chi connectivity index (χ2v) is 9.51. The summed E-state index contributed by atoms with van der Waals surface area (Å²) in [6.45, 7) is 0.635. The first-order valence-electron chi connectivity index (χ1n) is 9.74. The summed E-state index contributed by atoms with van der Waals surface area (Å²) in [6.07, 6.45) is 1.43. The Kier molecular flexibility index (Phi) is 6.17. The summed E-state index contributed by atoms with van der Waals surface area (Å²) in [7, 11) is -0.771. The van der Waals surface area contributed by atoms with Gasteiger partial charge in [-0.1, -0.05) is 11.6 Å². The molecule has 0 bridgehead atoms. The minimum absolute atomic E-state index is 0.0487. The van der Waals surface area contributed by atoms with E-state index >= 15 is 0 Å². The first-order chi connectivity index (χ1) is 14.9. The van der Waals surface area contributed by atoms with Crippen molar-refractivity contribution in [3.05, 3.63) is 53.4 Å². The smallest absolute Gasteiger partial charge is 0.247 e. The van der Waals surface area contributed by atoms with E-state index in [0.717, 1.165) is 17.7 Å². The molecule has 8 nitrogen and oxygen atoms in total. The Morgan fingerprint density at radius 1 is 1.10 bits per heavy atom. The van der Waals surface area contributed by atoms with Gasteiger partial charge in [-0.05, 0) is 55.3 Å². The summed E-state index contributed by atoms with van der Waals surface area (Å²) in [6, 6.07) is 11.8. The second kappa shape index (κ2) is 8.86. The Morgan fingerprint density at radius 2 is 1.87 bits per heavy atom. The Labute approximate surface area is 185 Å². The molecule has 2 aromatic carbocycles. The minimum atomic E-state index is -3.80. The third kappa shape index (κ3) is 4.39. The lowest BCUT2D eigenvalue weighted by molar-refractivity contribution is 0.285. The van der Waals surface area contributed by atoms with Crippen LogP contribution in [0.3, 0.4) is 0 Å². The number of rotatable bonds is 6. The fourth-order valence-corrected chi connectivity index (χ4v) is 5.55. The van der Waals surface area contributed by atoms with Gasteiger partial charge in [0.15, 0.2) is 0 Å². The van der Waals surface area contributed by atoms with Gasteiger partial charge >= 0.3 is 0 Å². The maximum Gasteiger partial charge on any atom is 0.247 e. The number of aromatic nitrogens is 2. The van der Waals surface area contributed by atoms with E-state index in [9.17, 15) is 8.42 Å². The molecule has 3 aromatic rings. The Bertz CT molecular complexity index is 1160. The van der Waals surface area contributed by atoms with Crippen LogP contribution in [-0.2, 0) is 10.0 Å². The summed E-state index contributed by atoms with van der Waals surface area (Å²) in [4.78, 5) is 0.0487. The van der Waals surface area contributed by atoms with Crippen LogP contribution < -0.4 is 9.47 Å². The van der Waals surface area contributed by atoms with Crippen molar-refractivity contribution in [1.29, 1.82) is 0 Å². The molecule has 0 unspecified atom stereocenters. The molecule has 1 aromatic heterocycles. The number of hydrogen-bond acceptors (Lipinski definition) is 7. The zero-order valence-corrected chi connectivity index (χ0v) is 18.7. The molecule has 31 heavy (non-hydrogen) atoms. The number of nitrogens with zero attached hydrogens (tertiary/aromatic N) is 3. The van der Waals surface area contributed by atoms with Crippen LogP contribution in [0, 0.1) is 0 Å². The highest BCUT2D eigenvalue weighted by molar-refractivity contribution is 7.89. The number of ether oxygens (including phenoxy) is 2. The van der Waals surface area contributed by atoms with E-state index < -0.39 is 10.0 Å². The van der Waals surface area contributed by atoms with Crippen molar-refractivity contribution in [1.82, 2.24) is 14.5 Å². The van der Waals surface area contributed by atoms with Gasteiger partial charge in [-0.15, -0.1) is 10.2 Å². The Morgan fingerprint density at radius 3 is 2.58 bits per heavy atom. The van der Waals surface area contributed by atoms with Gasteiger partial charge in [-0.2, -0.15) is 4.31 Å². The van der Waals surface area contributed by atoms with E-state index in [1.165, 1.54) is 17.5 Å². The zero-order valence-electron chi connectivity index (χ0n) is 17.1. The van der Waals surface area contributed by atoms with Crippen LogP contribution >= 0.6 is 11.6 Å². The molecule has 0 aliphatic carbocycles. The molecule has 1 aliphatic rings. The largest absolute Gasteiger partial charge is 0.497 e. The SMILES string of the molecule is COc1ccc(-c2nnc([C@@H]3CCCN(S(=O)(=O)c4cc(Cl)ccc4OC)C3)o2)cc1. The first kappa shape index (κ1) is 21.6. The highest BCUT2D eigenvalue weighted by Crippen LogP contribution is 2.35. The second-order valence-electron chi connectivity index (χ2n) is 7.17. The molecule has 164 valence electrons. The zero-order chi connectivity index (χ0) is 22.0. The van der Waals surface area contributed by atoms with Gasteiger partial charge in [-0.3, -0.25) is 0 Å².